The summed E-state index contributed by atoms with van der Waals surface area (Å²) >= 11 is 0. The molecule has 3 nitrogen and oxygen atoms in total. The van der Waals surface area contributed by atoms with Crippen molar-refractivity contribution in [2.24, 2.45) is 0 Å². The van der Waals surface area contributed by atoms with Crippen LogP contribution in [0, 0.1) is 0 Å². The summed E-state index contributed by atoms with van der Waals surface area (Å²) < 4.78 is 0. The van der Waals surface area contributed by atoms with Crippen LogP contribution in [0.4, 0.5) is 5.69 Å². The highest BCUT2D eigenvalue weighted by molar-refractivity contribution is 5.92. The minimum absolute atomic E-state index is 0.0697. The van der Waals surface area contributed by atoms with E-state index in [4.69, 9.17) is 4.84 Å². The number of hydrogen-bond acceptors (Lipinski definition) is 2. The second kappa shape index (κ2) is 3.83. The smallest absolute Gasteiger partial charge is 0.0895 e. The number of H-pyrrole nitrogens is 1. The number of para-hydroxylation sites is 1. The van der Waals surface area contributed by atoms with Gasteiger partial charge in [-0.2, -0.15) is 0 Å². The number of anilines is 1. The molecule has 0 aliphatic carbocycles. The van der Waals surface area contributed by atoms with Gasteiger partial charge in [-0.3, -0.25) is 4.84 Å². The van der Waals surface area contributed by atoms with Crippen molar-refractivity contribution in [1.29, 1.82) is 0 Å². The third-order valence-corrected chi connectivity index (χ3v) is 2.58. The second-order valence-corrected chi connectivity index (χ2v) is 4.87. The van der Waals surface area contributed by atoms with Crippen molar-refractivity contribution < 1.29 is 4.84 Å². The quantitative estimate of drug-likeness (QED) is 0.783. The van der Waals surface area contributed by atoms with Crippen molar-refractivity contribution in [3.63, 3.8) is 0 Å². The number of hydroxylamine groups is 1. The SMILES string of the molecule is CON(c1c[nH]c2ccccc12)C(C)(C)C. The van der Waals surface area contributed by atoms with Crippen LogP contribution in [0.3, 0.4) is 0 Å². The molecular formula is C13H18N2O. The van der Waals surface area contributed by atoms with E-state index < -0.39 is 0 Å². The molecule has 0 bridgehead atoms. The van der Waals surface area contributed by atoms with Gasteiger partial charge in [0.15, 0.2) is 0 Å². The van der Waals surface area contributed by atoms with Crippen molar-refractivity contribution in [3.05, 3.63) is 30.5 Å². The Labute approximate surface area is 96.0 Å². The molecule has 2 rings (SSSR count). The van der Waals surface area contributed by atoms with Crippen molar-refractivity contribution in [2.45, 2.75) is 26.3 Å². The van der Waals surface area contributed by atoms with Gasteiger partial charge in [0.25, 0.3) is 0 Å². The van der Waals surface area contributed by atoms with E-state index in [-0.39, 0.29) is 5.54 Å². The molecule has 16 heavy (non-hydrogen) atoms. The molecular weight excluding hydrogens is 200 g/mol. The second-order valence-electron chi connectivity index (χ2n) is 4.87. The minimum atomic E-state index is -0.0697. The molecule has 0 spiro atoms. The lowest BCUT2D eigenvalue weighted by molar-refractivity contribution is 0.115. The average Bonchev–Trinajstić information content (AvgIpc) is 2.61. The normalized spacial score (nSPS) is 12.0. The van der Waals surface area contributed by atoms with E-state index in [9.17, 15) is 0 Å². The summed E-state index contributed by atoms with van der Waals surface area (Å²) in [7, 11) is 1.70. The molecule has 86 valence electrons. The van der Waals surface area contributed by atoms with Crippen LogP contribution in [0.5, 0.6) is 0 Å². The average molecular weight is 218 g/mol. The molecule has 1 N–H and O–H groups in total. The van der Waals surface area contributed by atoms with Gasteiger partial charge in [0.2, 0.25) is 0 Å². The van der Waals surface area contributed by atoms with Crippen molar-refractivity contribution in [1.82, 2.24) is 4.98 Å². The van der Waals surface area contributed by atoms with Gasteiger partial charge >= 0.3 is 0 Å². The number of aromatic amines is 1. The number of nitrogens with one attached hydrogen (secondary N) is 1. The van der Waals surface area contributed by atoms with Gasteiger partial charge < -0.3 is 4.98 Å². The van der Waals surface area contributed by atoms with Crippen LogP contribution in [-0.4, -0.2) is 17.6 Å². The predicted octanol–water partition coefficient (Wildman–Crippen LogP) is 3.33. The van der Waals surface area contributed by atoms with Gasteiger partial charge in [0.05, 0.1) is 18.3 Å². The highest BCUT2D eigenvalue weighted by Crippen LogP contribution is 2.31. The maximum absolute atomic E-state index is 5.48. The number of fused-ring (bicyclic) bond motifs is 1. The maximum Gasteiger partial charge on any atom is 0.0895 e. The molecule has 0 aliphatic rings. The van der Waals surface area contributed by atoms with Crippen molar-refractivity contribution >= 4 is 16.6 Å². The number of aromatic nitrogens is 1. The maximum atomic E-state index is 5.48. The third-order valence-electron chi connectivity index (χ3n) is 2.58. The molecule has 0 atom stereocenters. The Balaban J connectivity index is 2.54. The summed E-state index contributed by atoms with van der Waals surface area (Å²) in [5.41, 5.74) is 2.13. The highest BCUT2D eigenvalue weighted by Gasteiger charge is 2.24. The number of nitrogens with zero attached hydrogens (tertiary/aromatic N) is 1. The molecule has 0 amide bonds. The minimum Gasteiger partial charge on any atom is -0.359 e. The van der Waals surface area contributed by atoms with Crippen molar-refractivity contribution in [3.8, 4) is 0 Å². The summed E-state index contributed by atoms with van der Waals surface area (Å²) in [6, 6.07) is 8.22. The summed E-state index contributed by atoms with van der Waals surface area (Å²) in [5.74, 6) is 0. The fourth-order valence-corrected chi connectivity index (χ4v) is 1.96. The monoisotopic (exact) mass is 218 g/mol. The van der Waals surface area contributed by atoms with Gasteiger partial charge in [-0.15, -0.1) is 0 Å². The first kappa shape index (κ1) is 11.0. The zero-order valence-electron chi connectivity index (χ0n) is 10.2. The molecule has 0 aliphatic heterocycles. The summed E-state index contributed by atoms with van der Waals surface area (Å²) in [4.78, 5) is 8.73. The molecule has 0 radical (unpaired) electrons. The Morgan fingerprint density at radius 3 is 2.50 bits per heavy atom. The Kier molecular flexibility index (Phi) is 2.64. The van der Waals surface area contributed by atoms with Crippen LogP contribution in [0.15, 0.2) is 30.5 Å². The van der Waals surface area contributed by atoms with E-state index in [1.807, 2.05) is 23.4 Å². The first-order valence-electron chi connectivity index (χ1n) is 5.44. The van der Waals surface area contributed by atoms with Gasteiger partial charge in [-0.05, 0) is 26.8 Å². The van der Waals surface area contributed by atoms with Crippen LogP contribution in [0.2, 0.25) is 0 Å². The first-order chi connectivity index (χ1) is 7.54. The molecule has 1 heterocycles. The number of hydrogen-bond donors (Lipinski definition) is 1. The summed E-state index contributed by atoms with van der Waals surface area (Å²) in [5, 5.41) is 3.10. The molecule has 0 saturated carbocycles. The molecule has 0 fully saturated rings. The lowest BCUT2D eigenvalue weighted by Gasteiger charge is -2.34. The molecule has 1 aromatic heterocycles. The zero-order chi connectivity index (χ0) is 11.8. The zero-order valence-corrected chi connectivity index (χ0v) is 10.2. The van der Waals surface area contributed by atoms with Gasteiger partial charge in [0, 0.05) is 17.1 Å². The van der Waals surface area contributed by atoms with Crippen LogP contribution in [0.1, 0.15) is 20.8 Å². The Bertz CT molecular complexity index is 482. The fourth-order valence-electron chi connectivity index (χ4n) is 1.96. The number of benzene rings is 1. The van der Waals surface area contributed by atoms with Crippen LogP contribution in [-0.2, 0) is 4.84 Å². The topological polar surface area (TPSA) is 28.3 Å². The van der Waals surface area contributed by atoms with E-state index in [2.05, 4.69) is 37.9 Å². The third kappa shape index (κ3) is 1.78. The number of rotatable bonds is 2. The molecule has 0 saturated heterocycles. The fraction of sp³-hybridized carbons (Fsp3) is 0.385. The lowest BCUT2D eigenvalue weighted by Crippen LogP contribution is -2.40. The molecule has 1 aromatic carbocycles. The van der Waals surface area contributed by atoms with Crippen molar-refractivity contribution in [2.75, 3.05) is 12.2 Å². The van der Waals surface area contributed by atoms with E-state index in [1.165, 1.54) is 5.39 Å². The van der Waals surface area contributed by atoms with E-state index in [0.717, 1.165) is 11.2 Å². The summed E-state index contributed by atoms with van der Waals surface area (Å²) in [6.45, 7) is 6.37. The van der Waals surface area contributed by atoms with Crippen LogP contribution in [0.25, 0.3) is 10.9 Å². The van der Waals surface area contributed by atoms with E-state index in [1.54, 1.807) is 7.11 Å². The summed E-state index contributed by atoms with van der Waals surface area (Å²) in [6.07, 6.45) is 1.99. The Hall–Kier alpha value is -1.48. The van der Waals surface area contributed by atoms with Crippen LogP contribution >= 0.6 is 0 Å². The molecule has 0 unspecified atom stereocenters. The van der Waals surface area contributed by atoms with Gasteiger partial charge in [0.1, 0.15) is 0 Å². The highest BCUT2D eigenvalue weighted by atomic mass is 16.7. The molecule has 3 heteroatoms. The predicted molar refractivity (Wildman–Crippen MR) is 67.5 cm³/mol. The Morgan fingerprint density at radius 1 is 1.19 bits per heavy atom. The van der Waals surface area contributed by atoms with E-state index in [0.29, 0.717) is 0 Å². The standard InChI is InChI=1S/C13H18N2O/c1-13(2,3)15(16-4)12-9-14-11-8-6-5-7-10(11)12/h5-9,14H,1-4H3. The van der Waals surface area contributed by atoms with Gasteiger partial charge in [-0.1, -0.05) is 18.2 Å². The van der Waals surface area contributed by atoms with E-state index >= 15 is 0 Å². The lowest BCUT2D eigenvalue weighted by atomic mass is 10.1. The van der Waals surface area contributed by atoms with Crippen LogP contribution < -0.4 is 5.06 Å². The van der Waals surface area contributed by atoms with Gasteiger partial charge in [-0.25, -0.2) is 5.06 Å². The Morgan fingerprint density at radius 2 is 1.88 bits per heavy atom. The molecule has 2 aromatic rings. The first-order valence-corrected chi connectivity index (χ1v) is 5.44. The largest absolute Gasteiger partial charge is 0.359 e.